The third-order valence-electron chi connectivity index (χ3n) is 3.46. The summed E-state index contributed by atoms with van der Waals surface area (Å²) in [5.74, 6) is 3.89. The van der Waals surface area contributed by atoms with E-state index < -0.39 is 0 Å². The van der Waals surface area contributed by atoms with Crippen LogP contribution in [0.2, 0.25) is 0 Å². The quantitative estimate of drug-likeness (QED) is 0.710. The molecule has 1 unspecified atom stereocenters. The van der Waals surface area contributed by atoms with Gasteiger partial charge >= 0.3 is 0 Å². The summed E-state index contributed by atoms with van der Waals surface area (Å²) in [7, 11) is 1.42. The predicted molar refractivity (Wildman–Crippen MR) is 86.3 cm³/mol. The topological polar surface area (TPSA) is 29.5 Å². The molecule has 0 spiro atoms. The van der Waals surface area contributed by atoms with Crippen LogP contribution < -0.4 is 4.74 Å². The summed E-state index contributed by atoms with van der Waals surface area (Å²) in [6.07, 6.45) is 2.45. The van der Waals surface area contributed by atoms with Gasteiger partial charge in [-0.05, 0) is 36.0 Å². The third kappa shape index (κ3) is 3.82. The molecule has 3 heteroatoms. The lowest BCUT2D eigenvalue weighted by Crippen LogP contribution is -2.00. The van der Waals surface area contributed by atoms with Crippen LogP contribution in [-0.2, 0) is 0 Å². The van der Waals surface area contributed by atoms with Gasteiger partial charge in [0, 0.05) is 10.5 Å². The van der Waals surface area contributed by atoms with Crippen LogP contribution in [0.1, 0.15) is 52.0 Å². The van der Waals surface area contributed by atoms with Gasteiger partial charge in [0.25, 0.3) is 0 Å². The van der Waals surface area contributed by atoms with Gasteiger partial charge < -0.3 is 9.84 Å². The Labute approximate surface area is 120 Å². The van der Waals surface area contributed by atoms with Crippen molar-refractivity contribution in [3.05, 3.63) is 17.7 Å². The van der Waals surface area contributed by atoms with Gasteiger partial charge in [-0.15, -0.1) is 0 Å². The van der Waals surface area contributed by atoms with Crippen LogP contribution in [0.3, 0.4) is 0 Å². The van der Waals surface area contributed by atoms with Crippen LogP contribution >= 0.6 is 10.9 Å². The fraction of sp³-hybridized carbons (Fsp3) is 0.625. The fourth-order valence-electron chi connectivity index (χ4n) is 2.37. The van der Waals surface area contributed by atoms with Crippen molar-refractivity contribution in [3.63, 3.8) is 0 Å². The van der Waals surface area contributed by atoms with Crippen LogP contribution in [0.25, 0.3) is 0 Å². The summed E-state index contributed by atoms with van der Waals surface area (Å²) < 4.78 is 5.38. The van der Waals surface area contributed by atoms with E-state index in [9.17, 15) is 5.11 Å². The van der Waals surface area contributed by atoms with Crippen molar-refractivity contribution in [2.75, 3.05) is 18.6 Å². The van der Waals surface area contributed by atoms with Gasteiger partial charge in [0.1, 0.15) is 11.5 Å². The molecule has 0 aliphatic carbocycles. The molecule has 1 aromatic rings. The summed E-state index contributed by atoms with van der Waals surface area (Å²) >= 11 is 0. The second-order valence-corrected chi connectivity index (χ2v) is 7.78. The highest BCUT2D eigenvalue weighted by Crippen LogP contribution is 2.47. The maximum Gasteiger partial charge on any atom is 0.134 e. The molecule has 0 bridgehead atoms. The Hall–Kier alpha value is -0.830. The third-order valence-corrected chi connectivity index (χ3v) is 6.12. The first-order valence-electron chi connectivity index (χ1n) is 7.21. The van der Waals surface area contributed by atoms with Gasteiger partial charge in [-0.3, -0.25) is 0 Å². The molecular weight excluding hydrogens is 256 g/mol. The lowest BCUT2D eigenvalue weighted by atomic mass is 10.0. The Morgan fingerprint density at radius 3 is 2.42 bits per heavy atom. The molecule has 0 heterocycles. The minimum Gasteiger partial charge on any atom is -0.506 e. The number of phenols is 1. The van der Waals surface area contributed by atoms with Crippen LogP contribution in [0.5, 0.6) is 11.5 Å². The number of hydrogen-bond donors (Lipinski definition) is 2. The molecular formula is C16H28O2S. The number of aromatic hydroxyl groups is 1. The monoisotopic (exact) mass is 284 g/mol. The Kier molecular flexibility index (Phi) is 6.56. The number of benzene rings is 1. The predicted octanol–water partition coefficient (Wildman–Crippen LogP) is 4.70. The molecule has 0 fully saturated rings. The standard InChI is InChI=1S/C16H28O2S/c1-6-8-11-19(7-2)14-10-9-13(18-5)15(12(3)4)16(14)17/h9-10,12,17,19H,6-8,11H2,1-5H3. The molecule has 0 aliphatic heterocycles. The molecule has 2 nitrogen and oxygen atoms in total. The number of ether oxygens (including phenoxy) is 1. The zero-order chi connectivity index (χ0) is 14.4. The van der Waals surface area contributed by atoms with E-state index in [-0.39, 0.29) is 16.8 Å². The van der Waals surface area contributed by atoms with E-state index in [0.717, 1.165) is 22.0 Å². The average Bonchev–Trinajstić information content (AvgIpc) is 2.40. The molecule has 110 valence electrons. The minimum atomic E-state index is -0.244. The summed E-state index contributed by atoms with van der Waals surface area (Å²) in [5, 5.41) is 10.6. The number of hydrogen-bond acceptors (Lipinski definition) is 2. The SMILES string of the molecule is CCCC[SH](CC)c1ccc(OC)c(C(C)C)c1O. The van der Waals surface area contributed by atoms with Crippen molar-refractivity contribution < 1.29 is 9.84 Å². The molecule has 0 radical (unpaired) electrons. The smallest absolute Gasteiger partial charge is 0.134 e. The lowest BCUT2D eigenvalue weighted by Gasteiger charge is -2.24. The van der Waals surface area contributed by atoms with Crippen molar-refractivity contribution in [1.29, 1.82) is 0 Å². The highest BCUT2D eigenvalue weighted by Gasteiger charge is 2.19. The van der Waals surface area contributed by atoms with Gasteiger partial charge in [-0.1, -0.05) is 34.1 Å². The average molecular weight is 284 g/mol. The number of thiol groups is 1. The van der Waals surface area contributed by atoms with Crippen molar-refractivity contribution in [2.45, 2.75) is 51.3 Å². The summed E-state index contributed by atoms with van der Waals surface area (Å²) in [4.78, 5) is 1.15. The maximum absolute atomic E-state index is 10.6. The molecule has 1 N–H and O–H groups in total. The Balaban J connectivity index is 3.17. The van der Waals surface area contributed by atoms with Gasteiger partial charge in [-0.25, -0.2) is 10.9 Å². The first-order valence-corrected chi connectivity index (χ1v) is 8.92. The molecule has 1 rings (SSSR count). The van der Waals surface area contributed by atoms with Crippen molar-refractivity contribution in [1.82, 2.24) is 0 Å². The van der Waals surface area contributed by atoms with E-state index in [1.165, 1.54) is 18.6 Å². The molecule has 1 aromatic carbocycles. The Morgan fingerprint density at radius 2 is 1.95 bits per heavy atom. The zero-order valence-corrected chi connectivity index (χ0v) is 13.8. The van der Waals surface area contributed by atoms with E-state index >= 15 is 0 Å². The minimum absolute atomic E-state index is 0.244. The first kappa shape index (κ1) is 16.2. The van der Waals surface area contributed by atoms with E-state index in [1.807, 2.05) is 6.07 Å². The van der Waals surface area contributed by atoms with Crippen LogP contribution in [0.15, 0.2) is 17.0 Å². The Morgan fingerprint density at radius 1 is 1.26 bits per heavy atom. The van der Waals surface area contributed by atoms with Crippen LogP contribution in [0.4, 0.5) is 0 Å². The summed E-state index contributed by atoms with van der Waals surface area (Å²) in [5.41, 5.74) is 0.956. The van der Waals surface area contributed by atoms with E-state index in [0.29, 0.717) is 5.75 Å². The molecule has 0 saturated heterocycles. The first-order chi connectivity index (χ1) is 9.06. The normalized spacial score (nSPS) is 13.7. The Bertz CT molecular complexity index is 402. The summed E-state index contributed by atoms with van der Waals surface area (Å²) in [6, 6.07) is 4.08. The number of unbranched alkanes of at least 4 members (excludes halogenated alkanes) is 1. The molecule has 0 saturated carbocycles. The molecule has 0 aliphatic rings. The van der Waals surface area contributed by atoms with Crippen LogP contribution in [0, 0.1) is 0 Å². The zero-order valence-electron chi connectivity index (χ0n) is 12.9. The number of phenolic OH excluding ortho intramolecular Hbond substituents is 1. The van der Waals surface area contributed by atoms with Gasteiger partial charge in [0.15, 0.2) is 0 Å². The van der Waals surface area contributed by atoms with E-state index in [1.54, 1.807) is 7.11 Å². The second kappa shape index (κ2) is 7.68. The highest BCUT2D eigenvalue weighted by molar-refractivity contribution is 8.17. The second-order valence-electron chi connectivity index (χ2n) is 5.14. The van der Waals surface area contributed by atoms with Crippen molar-refractivity contribution in [2.24, 2.45) is 0 Å². The molecule has 0 aromatic heterocycles. The highest BCUT2D eigenvalue weighted by atomic mass is 32.2. The molecule has 0 amide bonds. The van der Waals surface area contributed by atoms with E-state index in [2.05, 4.69) is 33.8 Å². The van der Waals surface area contributed by atoms with Gasteiger partial charge in [0.05, 0.1) is 7.11 Å². The van der Waals surface area contributed by atoms with Gasteiger partial charge in [-0.2, -0.15) is 0 Å². The molecule has 1 atom stereocenters. The molecule has 19 heavy (non-hydrogen) atoms. The summed E-state index contributed by atoms with van der Waals surface area (Å²) in [6.45, 7) is 8.64. The van der Waals surface area contributed by atoms with Gasteiger partial charge in [0.2, 0.25) is 0 Å². The fourth-order valence-corrected chi connectivity index (χ4v) is 4.67. The van der Waals surface area contributed by atoms with E-state index in [4.69, 9.17) is 4.74 Å². The van der Waals surface area contributed by atoms with Crippen LogP contribution in [-0.4, -0.2) is 23.7 Å². The largest absolute Gasteiger partial charge is 0.506 e. The number of rotatable bonds is 7. The maximum atomic E-state index is 10.6. The number of methoxy groups -OCH3 is 1. The van der Waals surface area contributed by atoms with Crippen molar-refractivity contribution >= 4 is 10.9 Å². The van der Waals surface area contributed by atoms with Crippen molar-refractivity contribution in [3.8, 4) is 11.5 Å². The lowest BCUT2D eigenvalue weighted by molar-refractivity contribution is 0.392.